The van der Waals surface area contributed by atoms with Gasteiger partial charge in [0.25, 0.3) is 0 Å². The number of allylic oxidation sites excluding steroid dienone is 2. The van der Waals surface area contributed by atoms with Gasteiger partial charge in [-0.3, -0.25) is 0 Å². The van der Waals surface area contributed by atoms with Gasteiger partial charge in [0.1, 0.15) is 17.2 Å². The number of hydrogen-bond acceptors (Lipinski definition) is 0. The molecule has 2 fully saturated rings. The molecule has 2 aliphatic rings. The highest BCUT2D eigenvalue weighted by Gasteiger charge is 2.39. The summed E-state index contributed by atoms with van der Waals surface area (Å²) in [6.45, 7) is 0. The standard InChI is InChI=1S/C23H27F7/c24-19-12-18(13-20(25)22(19)23(28,29)30)17-10-8-16(9-11-17)15-6-4-14(5-7-15)2-1-3-21(26)27/h1-2,12-17,21H,3-11H2. The molecule has 0 amide bonds. The molecule has 1 aromatic carbocycles. The fraction of sp³-hybridized carbons (Fsp3) is 0.652. The predicted octanol–water partition coefficient (Wildman–Crippen LogP) is 8.28. The summed E-state index contributed by atoms with van der Waals surface area (Å²) in [5.74, 6) is -1.78. The van der Waals surface area contributed by atoms with Crippen LogP contribution in [0.2, 0.25) is 0 Å². The van der Waals surface area contributed by atoms with Crippen molar-refractivity contribution in [1.29, 1.82) is 0 Å². The summed E-state index contributed by atoms with van der Waals surface area (Å²) < 4.78 is 90.5. The first-order valence-corrected chi connectivity index (χ1v) is 10.7. The monoisotopic (exact) mass is 436 g/mol. The van der Waals surface area contributed by atoms with E-state index in [0.29, 0.717) is 36.2 Å². The smallest absolute Gasteiger partial charge is 0.210 e. The van der Waals surface area contributed by atoms with Crippen LogP contribution in [-0.4, -0.2) is 6.43 Å². The molecule has 1 aromatic rings. The Morgan fingerprint density at radius 2 is 1.33 bits per heavy atom. The Kier molecular flexibility index (Phi) is 7.51. The molecule has 3 rings (SSSR count). The van der Waals surface area contributed by atoms with Crippen LogP contribution in [0.15, 0.2) is 24.3 Å². The second kappa shape index (κ2) is 9.73. The van der Waals surface area contributed by atoms with Crippen molar-refractivity contribution in [2.24, 2.45) is 17.8 Å². The zero-order valence-electron chi connectivity index (χ0n) is 16.7. The van der Waals surface area contributed by atoms with Gasteiger partial charge in [-0.1, -0.05) is 12.2 Å². The van der Waals surface area contributed by atoms with Crippen LogP contribution >= 0.6 is 0 Å². The second-order valence-corrected chi connectivity index (χ2v) is 8.70. The Bertz CT molecular complexity index is 699. The Balaban J connectivity index is 1.52. The fourth-order valence-corrected chi connectivity index (χ4v) is 5.21. The lowest BCUT2D eigenvalue weighted by Gasteiger charge is -2.37. The van der Waals surface area contributed by atoms with Gasteiger partial charge in [0.15, 0.2) is 0 Å². The summed E-state index contributed by atoms with van der Waals surface area (Å²) in [6.07, 6.45) is 3.20. The molecule has 0 spiro atoms. The largest absolute Gasteiger partial charge is 0.422 e. The highest BCUT2D eigenvalue weighted by atomic mass is 19.4. The zero-order chi connectivity index (χ0) is 21.9. The topological polar surface area (TPSA) is 0 Å². The number of halogens is 7. The fourth-order valence-electron chi connectivity index (χ4n) is 5.21. The molecule has 0 unspecified atom stereocenters. The molecule has 2 aliphatic carbocycles. The quantitative estimate of drug-likeness (QED) is 0.322. The third kappa shape index (κ3) is 5.79. The van der Waals surface area contributed by atoms with Crippen molar-refractivity contribution < 1.29 is 30.7 Å². The summed E-state index contributed by atoms with van der Waals surface area (Å²) in [5, 5.41) is 0. The van der Waals surface area contributed by atoms with E-state index in [4.69, 9.17) is 0 Å². The maximum atomic E-state index is 13.9. The van der Waals surface area contributed by atoms with Crippen molar-refractivity contribution in [2.45, 2.75) is 76.3 Å². The summed E-state index contributed by atoms with van der Waals surface area (Å²) in [5.41, 5.74) is -1.51. The Morgan fingerprint density at radius 1 is 0.833 bits per heavy atom. The summed E-state index contributed by atoms with van der Waals surface area (Å²) in [4.78, 5) is 0. The Labute approximate surface area is 172 Å². The van der Waals surface area contributed by atoms with Gasteiger partial charge in [0.2, 0.25) is 6.43 Å². The van der Waals surface area contributed by atoms with Crippen LogP contribution in [0, 0.1) is 29.4 Å². The lowest BCUT2D eigenvalue weighted by Crippen LogP contribution is -2.25. The zero-order valence-corrected chi connectivity index (χ0v) is 16.7. The number of benzene rings is 1. The minimum absolute atomic E-state index is 0.124. The minimum Gasteiger partial charge on any atom is -0.210 e. The molecule has 30 heavy (non-hydrogen) atoms. The average molecular weight is 436 g/mol. The first-order chi connectivity index (χ1) is 14.1. The predicted molar refractivity (Wildman–Crippen MR) is 101 cm³/mol. The van der Waals surface area contributed by atoms with Gasteiger partial charge in [-0.2, -0.15) is 13.2 Å². The van der Waals surface area contributed by atoms with Gasteiger partial charge in [-0.15, -0.1) is 0 Å². The molecule has 7 heteroatoms. The van der Waals surface area contributed by atoms with Crippen molar-refractivity contribution in [3.8, 4) is 0 Å². The lowest BCUT2D eigenvalue weighted by atomic mass is 9.68. The van der Waals surface area contributed by atoms with E-state index in [1.54, 1.807) is 6.08 Å². The number of hydrogen-bond donors (Lipinski definition) is 0. The average Bonchev–Trinajstić information content (AvgIpc) is 2.67. The van der Waals surface area contributed by atoms with Crippen LogP contribution in [0.1, 0.15) is 74.8 Å². The molecule has 0 heterocycles. The molecule has 0 radical (unpaired) electrons. The third-order valence-corrected chi connectivity index (χ3v) is 6.80. The van der Waals surface area contributed by atoms with E-state index >= 15 is 0 Å². The van der Waals surface area contributed by atoms with Gasteiger partial charge >= 0.3 is 6.18 Å². The lowest BCUT2D eigenvalue weighted by molar-refractivity contribution is -0.142. The molecule has 0 N–H and O–H groups in total. The normalized spacial score (nSPS) is 28.4. The molecular formula is C23H27F7. The minimum atomic E-state index is -5.04. The van der Waals surface area contributed by atoms with Crippen LogP contribution in [0.4, 0.5) is 30.7 Å². The van der Waals surface area contributed by atoms with Gasteiger partial charge < -0.3 is 0 Å². The van der Waals surface area contributed by atoms with E-state index < -0.39 is 29.8 Å². The van der Waals surface area contributed by atoms with Gasteiger partial charge in [-0.05, 0) is 92.7 Å². The van der Waals surface area contributed by atoms with E-state index in [1.165, 1.54) is 0 Å². The molecule has 168 valence electrons. The van der Waals surface area contributed by atoms with Gasteiger partial charge in [0, 0.05) is 6.42 Å². The maximum absolute atomic E-state index is 13.9. The van der Waals surface area contributed by atoms with Crippen LogP contribution in [0.5, 0.6) is 0 Å². The van der Waals surface area contributed by atoms with Crippen molar-refractivity contribution in [3.63, 3.8) is 0 Å². The van der Waals surface area contributed by atoms with Crippen molar-refractivity contribution in [3.05, 3.63) is 47.0 Å². The number of rotatable bonds is 5. The highest BCUT2D eigenvalue weighted by molar-refractivity contribution is 5.30. The molecular weight excluding hydrogens is 409 g/mol. The van der Waals surface area contributed by atoms with Gasteiger partial charge in [0.05, 0.1) is 0 Å². The van der Waals surface area contributed by atoms with E-state index in [2.05, 4.69) is 0 Å². The Morgan fingerprint density at radius 3 is 1.80 bits per heavy atom. The third-order valence-electron chi connectivity index (χ3n) is 6.80. The van der Waals surface area contributed by atoms with Crippen molar-refractivity contribution >= 4 is 0 Å². The first kappa shape index (κ1) is 23.1. The molecule has 0 nitrogen and oxygen atoms in total. The second-order valence-electron chi connectivity index (χ2n) is 8.70. The summed E-state index contributed by atoms with van der Waals surface area (Å²) >= 11 is 0. The van der Waals surface area contributed by atoms with Crippen LogP contribution in [0.3, 0.4) is 0 Å². The van der Waals surface area contributed by atoms with Crippen molar-refractivity contribution in [1.82, 2.24) is 0 Å². The number of alkyl halides is 5. The summed E-state index contributed by atoms with van der Waals surface area (Å²) in [6, 6.07) is 1.68. The summed E-state index contributed by atoms with van der Waals surface area (Å²) in [7, 11) is 0. The molecule has 0 bridgehead atoms. The SMILES string of the molecule is Fc1cc(C2CCC(C3CCC(C=CCC(F)F)CC3)CC2)cc(F)c1C(F)(F)F. The van der Waals surface area contributed by atoms with Crippen LogP contribution in [0.25, 0.3) is 0 Å². The van der Waals surface area contributed by atoms with Crippen LogP contribution in [-0.2, 0) is 6.18 Å². The molecule has 0 saturated heterocycles. The van der Waals surface area contributed by atoms with E-state index in [9.17, 15) is 30.7 Å². The van der Waals surface area contributed by atoms with E-state index in [-0.39, 0.29) is 12.3 Å². The van der Waals surface area contributed by atoms with Crippen molar-refractivity contribution in [2.75, 3.05) is 0 Å². The molecule has 0 atom stereocenters. The Hall–Kier alpha value is -1.53. The molecule has 0 aliphatic heterocycles. The van der Waals surface area contributed by atoms with Gasteiger partial charge in [-0.25, -0.2) is 17.6 Å². The molecule has 2 saturated carbocycles. The first-order valence-electron chi connectivity index (χ1n) is 10.7. The maximum Gasteiger partial charge on any atom is 0.422 e. The molecule has 0 aromatic heterocycles. The highest BCUT2D eigenvalue weighted by Crippen LogP contribution is 2.45. The van der Waals surface area contributed by atoms with E-state index in [0.717, 1.165) is 50.7 Å². The van der Waals surface area contributed by atoms with Crippen LogP contribution < -0.4 is 0 Å². The van der Waals surface area contributed by atoms with E-state index in [1.807, 2.05) is 6.08 Å².